The molecule has 142 valence electrons. The highest BCUT2D eigenvalue weighted by Gasteiger charge is 2.18. The molecule has 3 rings (SSSR count). The summed E-state index contributed by atoms with van der Waals surface area (Å²) in [5.74, 6) is 0.396. The number of hydrogen-bond donors (Lipinski definition) is 1. The van der Waals surface area contributed by atoms with Gasteiger partial charge in [-0.15, -0.1) is 35.3 Å². The van der Waals surface area contributed by atoms with E-state index in [0.29, 0.717) is 12.5 Å². The number of benzene rings is 1. The van der Waals surface area contributed by atoms with Crippen LogP contribution in [0.25, 0.3) is 0 Å². The molecule has 0 unspecified atom stereocenters. The van der Waals surface area contributed by atoms with Gasteiger partial charge in [0, 0.05) is 49.7 Å². The van der Waals surface area contributed by atoms with Crippen LogP contribution < -0.4 is 10.6 Å². The Balaban J connectivity index is 0.00000243. The summed E-state index contributed by atoms with van der Waals surface area (Å²) in [6.45, 7) is 8.14. The van der Waals surface area contributed by atoms with Crippen molar-refractivity contribution in [3.05, 3.63) is 45.7 Å². The highest BCUT2D eigenvalue weighted by atomic mass is 127. The highest BCUT2D eigenvalue weighted by Crippen LogP contribution is 2.18. The molecule has 5 nitrogen and oxygen atoms in total. The Labute approximate surface area is 175 Å². The summed E-state index contributed by atoms with van der Waals surface area (Å²) < 4.78 is 13.0. The van der Waals surface area contributed by atoms with E-state index in [4.69, 9.17) is 5.73 Å². The van der Waals surface area contributed by atoms with Crippen molar-refractivity contribution in [1.82, 2.24) is 9.88 Å². The molecule has 2 N–H and O–H groups in total. The summed E-state index contributed by atoms with van der Waals surface area (Å²) in [7, 11) is 0. The van der Waals surface area contributed by atoms with Crippen molar-refractivity contribution in [1.29, 1.82) is 0 Å². The number of rotatable bonds is 4. The molecule has 0 spiro atoms. The zero-order chi connectivity index (χ0) is 17.8. The number of nitrogens with two attached hydrogens (primary N) is 1. The molecular formula is C18H25FIN5S. The molecule has 0 aliphatic carbocycles. The first-order valence-corrected chi connectivity index (χ1v) is 9.33. The molecule has 2 heterocycles. The smallest absolute Gasteiger partial charge is 0.191 e. The summed E-state index contributed by atoms with van der Waals surface area (Å²) in [5.41, 5.74) is 8.30. The van der Waals surface area contributed by atoms with E-state index < -0.39 is 0 Å². The monoisotopic (exact) mass is 489 g/mol. The van der Waals surface area contributed by atoms with Crippen LogP contribution in [-0.4, -0.2) is 48.6 Å². The van der Waals surface area contributed by atoms with E-state index in [9.17, 15) is 4.39 Å². The van der Waals surface area contributed by atoms with E-state index in [1.165, 1.54) is 17.0 Å². The van der Waals surface area contributed by atoms with Crippen LogP contribution in [0.15, 0.2) is 29.3 Å². The van der Waals surface area contributed by atoms with E-state index in [0.717, 1.165) is 49.0 Å². The third-order valence-electron chi connectivity index (χ3n) is 4.47. The lowest BCUT2D eigenvalue weighted by Crippen LogP contribution is -2.51. The third-order valence-corrected chi connectivity index (χ3v) is 5.60. The van der Waals surface area contributed by atoms with Gasteiger partial charge in [-0.1, -0.05) is 0 Å². The van der Waals surface area contributed by atoms with Gasteiger partial charge in [0.15, 0.2) is 5.96 Å². The fourth-order valence-corrected chi connectivity index (χ4v) is 3.78. The first-order valence-electron chi connectivity index (χ1n) is 8.51. The number of aromatic nitrogens is 1. The van der Waals surface area contributed by atoms with Crippen LogP contribution in [0.3, 0.4) is 0 Å². The molecule has 0 bridgehead atoms. The Hall–Kier alpha value is -1.42. The Morgan fingerprint density at radius 1 is 1.19 bits per heavy atom. The molecule has 26 heavy (non-hydrogen) atoms. The second kappa shape index (κ2) is 9.50. The summed E-state index contributed by atoms with van der Waals surface area (Å²) >= 11 is 1.73. The van der Waals surface area contributed by atoms with E-state index in [-0.39, 0.29) is 29.8 Å². The van der Waals surface area contributed by atoms with Gasteiger partial charge in [0.05, 0.1) is 10.7 Å². The van der Waals surface area contributed by atoms with E-state index >= 15 is 0 Å². The molecule has 0 saturated carbocycles. The Kier molecular flexibility index (Phi) is 7.63. The van der Waals surface area contributed by atoms with Crippen LogP contribution in [0.5, 0.6) is 0 Å². The van der Waals surface area contributed by atoms with Crippen molar-refractivity contribution in [2.45, 2.75) is 20.3 Å². The molecule has 1 fully saturated rings. The minimum absolute atomic E-state index is 0. The van der Waals surface area contributed by atoms with Crippen LogP contribution in [0.4, 0.5) is 10.1 Å². The molecule has 8 heteroatoms. The predicted molar refractivity (Wildman–Crippen MR) is 117 cm³/mol. The van der Waals surface area contributed by atoms with Gasteiger partial charge in [0.1, 0.15) is 5.82 Å². The van der Waals surface area contributed by atoms with Gasteiger partial charge in [0.25, 0.3) is 0 Å². The summed E-state index contributed by atoms with van der Waals surface area (Å²) in [5, 5.41) is 1.12. The summed E-state index contributed by atoms with van der Waals surface area (Å²) in [4.78, 5) is 14.7. The highest BCUT2D eigenvalue weighted by molar-refractivity contribution is 14.0. The van der Waals surface area contributed by atoms with Crippen molar-refractivity contribution in [3.63, 3.8) is 0 Å². The number of nitrogens with zero attached hydrogens (tertiary/aromatic N) is 4. The number of aryl methyl sites for hydroxylation is 2. The lowest BCUT2D eigenvalue weighted by Gasteiger charge is -2.36. The number of thiazole rings is 1. The third kappa shape index (κ3) is 5.29. The van der Waals surface area contributed by atoms with Crippen molar-refractivity contribution in [3.8, 4) is 0 Å². The number of anilines is 1. The van der Waals surface area contributed by atoms with Crippen LogP contribution in [0.2, 0.25) is 0 Å². The lowest BCUT2D eigenvalue weighted by molar-refractivity contribution is 0.381. The van der Waals surface area contributed by atoms with Crippen molar-refractivity contribution >= 4 is 47.0 Å². The van der Waals surface area contributed by atoms with Gasteiger partial charge in [-0.2, -0.15) is 0 Å². The zero-order valence-electron chi connectivity index (χ0n) is 15.1. The molecule has 0 amide bonds. The first-order chi connectivity index (χ1) is 12.0. The maximum Gasteiger partial charge on any atom is 0.191 e. The van der Waals surface area contributed by atoms with Crippen LogP contribution >= 0.6 is 35.3 Å². The van der Waals surface area contributed by atoms with Gasteiger partial charge >= 0.3 is 0 Å². The van der Waals surface area contributed by atoms with Crippen molar-refractivity contribution in [2.24, 2.45) is 10.7 Å². The minimum atomic E-state index is -0.204. The number of aliphatic imine (C=N–C) groups is 1. The van der Waals surface area contributed by atoms with Crippen LogP contribution in [0, 0.1) is 19.7 Å². The Morgan fingerprint density at radius 2 is 1.85 bits per heavy atom. The van der Waals surface area contributed by atoms with Crippen LogP contribution in [0.1, 0.15) is 15.6 Å². The van der Waals surface area contributed by atoms with Gasteiger partial charge in [-0.05, 0) is 38.1 Å². The minimum Gasteiger partial charge on any atom is -0.370 e. The zero-order valence-corrected chi connectivity index (χ0v) is 18.3. The average molecular weight is 489 g/mol. The second-order valence-corrected chi connectivity index (χ2v) is 7.48. The molecule has 1 aromatic heterocycles. The molecule has 1 saturated heterocycles. The van der Waals surface area contributed by atoms with Crippen LogP contribution in [-0.2, 0) is 6.42 Å². The maximum absolute atomic E-state index is 13.0. The Morgan fingerprint density at radius 3 is 2.42 bits per heavy atom. The van der Waals surface area contributed by atoms with Gasteiger partial charge in [0.2, 0.25) is 0 Å². The van der Waals surface area contributed by atoms with Crippen molar-refractivity contribution < 1.29 is 4.39 Å². The number of hydrogen-bond acceptors (Lipinski definition) is 4. The fourth-order valence-electron chi connectivity index (χ4n) is 2.86. The molecule has 1 aromatic carbocycles. The normalized spacial score (nSPS) is 15.1. The van der Waals surface area contributed by atoms with E-state index in [1.54, 1.807) is 11.3 Å². The molecule has 0 radical (unpaired) electrons. The number of halogens is 2. The topological polar surface area (TPSA) is 57.8 Å². The Bertz CT molecular complexity index is 719. The molecule has 2 aromatic rings. The fraction of sp³-hybridized carbons (Fsp3) is 0.444. The summed E-state index contributed by atoms with van der Waals surface area (Å²) in [6, 6.07) is 6.64. The maximum atomic E-state index is 13.0. The molecule has 0 atom stereocenters. The predicted octanol–water partition coefficient (Wildman–Crippen LogP) is 3.20. The molecular weight excluding hydrogens is 464 g/mol. The SMILES string of the molecule is Cc1nc(CCN=C(N)N2CCN(c3ccc(F)cc3)CC2)sc1C.I. The standard InChI is InChI=1S/C18H24FN5S.HI/c1-13-14(2)25-17(22-13)7-8-21-18(20)24-11-9-23(10-12-24)16-5-3-15(19)4-6-16;/h3-6H,7-12H2,1-2H3,(H2,20,21);1H. The average Bonchev–Trinajstić information content (AvgIpc) is 2.93. The lowest BCUT2D eigenvalue weighted by atomic mass is 10.2. The number of guanidine groups is 1. The number of piperazine rings is 1. The van der Waals surface area contributed by atoms with Crippen molar-refractivity contribution in [2.75, 3.05) is 37.6 Å². The van der Waals surface area contributed by atoms with Gasteiger partial charge in [-0.25, -0.2) is 9.37 Å². The summed E-state index contributed by atoms with van der Waals surface area (Å²) in [6.07, 6.45) is 0.829. The molecule has 1 aliphatic rings. The second-order valence-electron chi connectivity index (χ2n) is 6.19. The van der Waals surface area contributed by atoms with Gasteiger partial charge in [-0.3, -0.25) is 4.99 Å². The quantitative estimate of drug-likeness (QED) is 0.407. The first kappa shape index (κ1) is 20.9. The largest absolute Gasteiger partial charge is 0.370 e. The van der Waals surface area contributed by atoms with E-state index in [1.807, 2.05) is 19.1 Å². The van der Waals surface area contributed by atoms with E-state index in [2.05, 4.69) is 26.7 Å². The molecule has 1 aliphatic heterocycles. The van der Waals surface area contributed by atoms with Gasteiger partial charge < -0.3 is 15.5 Å².